The van der Waals surface area contributed by atoms with Crippen LogP contribution < -0.4 is 5.73 Å². The zero-order valence-corrected chi connectivity index (χ0v) is 16.4. The van der Waals surface area contributed by atoms with Gasteiger partial charge < -0.3 is 5.73 Å². The first-order valence-corrected chi connectivity index (χ1v) is 9.25. The van der Waals surface area contributed by atoms with Crippen LogP contribution in [0.5, 0.6) is 0 Å². The molecule has 0 spiro atoms. The highest BCUT2D eigenvalue weighted by Crippen LogP contribution is 2.40. The van der Waals surface area contributed by atoms with Gasteiger partial charge in [0.2, 0.25) is 0 Å². The standard InChI is InChI=1S/C22H19F2N5O/c1-13-17(7-4-10-26-13)14-5-3-6-15(11-14)22(20(30)29(2)21(25)28-22)16-8-9-18(19(23)24)27-12-16/h3-12,19H,1-2H3,(H2,25,28). The van der Waals surface area contributed by atoms with Crippen molar-refractivity contribution in [2.45, 2.75) is 18.9 Å². The van der Waals surface area contributed by atoms with Crippen LogP contribution in [0.3, 0.4) is 0 Å². The van der Waals surface area contributed by atoms with Crippen LogP contribution in [0.25, 0.3) is 11.1 Å². The number of hydrogen-bond acceptors (Lipinski definition) is 5. The summed E-state index contributed by atoms with van der Waals surface area (Å²) in [5.41, 5.74) is 7.63. The highest BCUT2D eigenvalue weighted by atomic mass is 19.3. The van der Waals surface area contributed by atoms with E-state index in [1.165, 1.54) is 30.3 Å². The Morgan fingerprint density at radius 1 is 1.07 bits per heavy atom. The lowest BCUT2D eigenvalue weighted by atomic mass is 9.82. The molecule has 2 N–H and O–H groups in total. The van der Waals surface area contributed by atoms with Crippen molar-refractivity contribution in [1.29, 1.82) is 0 Å². The zero-order valence-electron chi connectivity index (χ0n) is 16.4. The van der Waals surface area contributed by atoms with E-state index in [0.717, 1.165) is 16.8 Å². The summed E-state index contributed by atoms with van der Waals surface area (Å²) >= 11 is 0. The Balaban J connectivity index is 1.92. The number of nitrogens with two attached hydrogens (primary N) is 1. The Morgan fingerprint density at radius 3 is 2.47 bits per heavy atom. The molecular formula is C22H19F2N5O. The van der Waals surface area contributed by atoms with Gasteiger partial charge in [0.1, 0.15) is 5.69 Å². The number of amides is 1. The van der Waals surface area contributed by atoms with E-state index >= 15 is 0 Å². The number of aliphatic imine (C=N–C) groups is 1. The normalized spacial score (nSPS) is 18.8. The quantitative estimate of drug-likeness (QED) is 0.718. The lowest BCUT2D eigenvalue weighted by Gasteiger charge is -2.26. The van der Waals surface area contributed by atoms with Crippen LogP contribution in [-0.4, -0.2) is 33.8 Å². The molecule has 30 heavy (non-hydrogen) atoms. The maximum Gasteiger partial charge on any atom is 0.280 e. The van der Waals surface area contributed by atoms with Crippen LogP contribution in [0.2, 0.25) is 0 Å². The topological polar surface area (TPSA) is 84.5 Å². The van der Waals surface area contributed by atoms with Gasteiger partial charge in [0.15, 0.2) is 11.5 Å². The van der Waals surface area contributed by atoms with E-state index in [1.807, 2.05) is 37.3 Å². The van der Waals surface area contributed by atoms with Gasteiger partial charge in [-0.2, -0.15) is 0 Å². The third-order valence-electron chi connectivity index (χ3n) is 5.27. The predicted molar refractivity (Wildman–Crippen MR) is 109 cm³/mol. The highest BCUT2D eigenvalue weighted by molar-refractivity contribution is 6.09. The molecule has 3 aromatic rings. The molecule has 0 radical (unpaired) electrons. The van der Waals surface area contributed by atoms with Gasteiger partial charge >= 0.3 is 0 Å². The second-order valence-electron chi connectivity index (χ2n) is 7.03. The summed E-state index contributed by atoms with van der Waals surface area (Å²) in [6.45, 7) is 1.90. The second-order valence-corrected chi connectivity index (χ2v) is 7.03. The van der Waals surface area contributed by atoms with E-state index in [4.69, 9.17) is 5.73 Å². The molecule has 1 amide bonds. The Kier molecular flexibility index (Phi) is 4.77. The molecule has 1 atom stereocenters. The van der Waals surface area contributed by atoms with Gasteiger partial charge in [0.25, 0.3) is 12.3 Å². The van der Waals surface area contributed by atoms with Gasteiger partial charge in [0, 0.05) is 36.3 Å². The zero-order chi connectivity index (χ0) is 21.5. The van der Waals surface area contributed by atoms with Crippen molar-refractivity contribution < 1.29 is 13.6 Å². The minimum absolute atomic E-state index is 0.0425. The van der Waals surface area contributed by atoms with Crippen molar-refractivity contribution in [2.24, 2.45) is 10.7 Å². The van der Waals surface area contributed by atoms with Gasteiger partial charge in [-0.15, -0.1) is 0 Å². The van der Waals surface area contributed by atoms with Crippen LogP contribution in [0.4, 0.5) is 8.78 Å². The average Bonchev–Trinajstić information content (AvgIpc) is 2.99. The van der Waals surface area contributed by atoms with Crippen molar-refractivity contribution in [3.63, 3.8) is 0 Å². The van der Waals surface area contributed by atoms with Crippen molar-refractivity contribution in [3.8, 4) is 11.1 Å². The number of aromatic nitrogens is 2. The molecule has 1 aromatic carbocycles. The molecule has 6 nitrogen and oxygen atoms in total. The van der Waals surface area contributed by atoms with Crippen molar-refractivity contribution >= 4 is 11.9 Å². The molecule has 0 saturated heterocycles. The molecule has 3 heterocycles. The van der Waals surface area contributed by atoms with E-state index in [2.05, 4.69) is 15.0 Å². The number of benzene rings is 1. The van der Waals surface area contributed by atoms with Gasteiger partial charge in [-0.05, 0) is 36.2 Å². The number of rotatable bonds is 4. The second kappa shape index (κ2) is 7.29. The minimum Gasteiger partial charge on any atom is -0.369 e. The minimum atomic E-state index is -2.71. The largest absolute Gasteiger partial charge is 0.369 e. The summed E-state index contributed by atoms with van der Waals surface area (Å²) in [4.78, 5) is 27.2. The molecule has 2 aromatic heterocycles. The smallest absolute Gasteiger partial charge is 0.280 e. The number of carbonyl (C=O) groups is 1. The first-order chi connectivity index (χ1) is 14.3. The summed E-state index contributed by atoms with van der Waals surface area (Å²) in [5.74, 6) is -0.340. The van der Waals surface area contributed by atoms with E-state index in [9.17, 15) is 13.6 Å². The Morgan fingerprint density at radius 2 is 1.87 bits per heavy atom. The van der Waals surface area contributed by atoms with Crippen LogP contribution >= 0.6 is 0 Å². The van der Waals surface area contributed by atoms with E-state index in [1.54, 1.807) is 12.3 Å². The van der Waals surface area contributed by atoms with Crippen molar-refractivity contribution in [1.82, 2.24) is 14.9 Å². The lowest BCUT2D eigenvalue weighted by Crippen LogP contribution is -2.41. The molecule has 0 aliphatic carbocycles. The fourth-order valence-electron chi connectivity index (χ4n) is 3.63. The number of aryl methyl sites for hydroxylation is 1. The fourth-order valence-corrected chi connectivity index (χ4v) is 3.63. The number of nitrogens with zero attached hydrogens (tertiary/aromatic N) is 4. The van der Waals surface area contributed by atoms with Gasteiger partial charge in [-0.3, -0.25) is 19.7 Å². The van der Waals surface area contributed by atoms with Crippen LogP contribution in [0.15, 0.2) is 65.9 Å². The van der Waals surface area contributed by atoms with Crippen molar-refractivity contribution in [3.05, 3.63) is 83.4 Å². The number of hydrogen-bond donors (Lipinski definition) is 1. The Bertz CT molecular complexity index is 1150. The summed E-state index contributed by atoms with van der Waals surface area (Å²) in [5, 5.41) is 0. The third kappa shape index (κ3) is 3.01. The molecule has 8 heteroatoms. The molecule has 152 valence electrons. The van der Waals surface area contributed by atoms with E-state index in [0.29, 0.717) is 11.1 Å². The third-order valence-corrected chi connectivity index (χ3v) is 5.27. The monoisotopic (exact) mass is 407 g/mol. The number of pyridine rings is 2. The molecule has 4 rings (SSSR count). The SMILES string of the molecule is Cc1ncccc1-c1cccc(C2(c3ccc(C(F)F)nc3)N=C(N)N(C)C2=O)c1. The first kappa shape index (κ1) is 19.6. The van der Waals surface area contributed by atoms with Gasteiger partial charge in [-0.1, -0.05) is 30.3 Å². The number of likely N-dealkylation sites (N-methyl/N-ethyl adjacent to an activating group) is 1. The Hall–Kier alpha value is -3.68. The number of carbonyl (C=O) groups excluding carboxylic acids is 1. The highest BCUT2D eigenvalue weighted by Gasteiger charge is 2.49. The molecule has 1 unspecified atom stereocenters. The number of alkyl halides is 2. The number of guanidine groups is 1. The Labute approximate surface area is 172 Å². The predicted octanol–water partition coefficient (Wildman–Crippen LogP) is 3.42. The van der Waals surface area contributed by atoms with Crippen molar-refractivity contribution in [2.75, 3.05) is 7.05 Å². The van der Waals surface area contributed by atoms with Gasteiger partial charge in [-0.25, -0.2) is 13.8 Å². The summed E-state index contributed by atoms with van der Waals surface area (Å²) < 4.78 is 26.0. The van der Waals surface area contributed by atoms with Crippen LogP contribution in [-0.2, 0) is 10.3 Å². The van der Waals surface area contributed by atoms with Crippen LogP contribution in [0, 0.1) is 6.92 Å². The molecule has 1 aliphatic heterocycles. The molecular weight excluding hydrogens is 388 g/mol. The summed E-state index contributed by atoms with van der Waals surface area (Å²) in [7, 11) is 1.53. The van der Waals surface area contributed by atoms with E-state index in [-0.39, 0.29) is 17.6 Å². The maximum atomic E-state index is 13.3. The van der Waals surface area contributed by atoms with Crippen LogP contribution in [0.1, 0.15) is 28.9 Å². The van der Waals surface area contributed by atoms with E-state index < -0.39 is 12.0 Å². The average molecular weight is 407 g/mol. The molecule has 0 fully saturated rings. The first-order valence-electron chi connectivity index (χ1n) is 9.25. The fraction of sp³-hybridized carbons (Fsp3) is 0.182. The molecule has 0 bridgehead atoms. The lowest BCUT2D eigenvalue weighted by molar-refractivity contribution is -0.129. The van der Waals surface area contributed by atoms with Gasteiger partial charge in [0.05, 0.1) is 0 Å². The number of halogens is 2. The summed E-state index contributed by atoms with van der Waals surface area (Å²) in [6, 6.07) is 13.8. The maximum absolute atomic E-state index is 13.3. The summed E-state index contributed by atoms with van der Waals surface area (Å²) in [6.07, 6.45) is 0.264. The molecule has 0 saturated carbocycles. The molecule has 1 aliphatic rings.